The fraction of sp³-hybridized carbons (Fsp3) is 0.0833. The van der Waals surface area contributed by atoms with Crippen LogP contribution in [-0.4, -0.2) is 5.78 Å². The molecule has 82 valence electrons. The van der Waals surface area contributed by atoms with E-state index < -0.39 is 0 Å². The third-order valence-electron chi connectivity index (χ3n) is 2.19. The highest BCUT2D eigenvalue weighted by atomic mass is 79.9. The molecule has 0 aliphatic carbocycles. The number of hydrogen-bond acceptors (Lipinski definition) is 2. The smallest absolute Gasteiger partial charge is 0.203 e. The SMILES string of the molecule is Cc1cc(C(=O)c2ccc(Br)cc2)sc1Cl. The summed E-state index contributed by atoms with van der Waals surface area (Å²) in [5.41, 5.74) is 1.63. The zero-order chi connectivity index (χ0) is 11.7. The molecule has 0 radical (unpaired) electrons. The van der Waals surface area contributed by atoms with E-state index in [9.17, 15) is 4.79 Å². The van der Waals surface area contributed by atoms with Gasteiger partial charge in [-0.15, -0.1) is 11.3 Å². The average molecular weight is 316 g/mol. The predicted molar refractivity (Wildman–Crippen MR) is 71.6 cm³/mol. The molecule has 0 fully saturated rings. The van der Waals surface area contributed by atoms with Crippen molar-refractivity contribution in [1.82, 2.24) is 0 Å². The summed E-state index contributed by atoms with van der Waals surface area (Å²) in [6, 6.07) is 9.15. The van der Waals surface area contributed by atoms with Gasteiger partial charge in [0.2, 0.25) is 5.78 Å². The molecule has 1 aromatic carbocycles. The van der Waals surface area contributed by atoms with Crippen LogP contribution in [0.25, 0.3) is 0 Å². The molecule has 0 atom stereocenters. The maximum absolute atomic E-state index is 12.1. The number of aryl methyl sites for hydroxylation is 1. The summed E-state index contributed by atoms with van der Waals surface area (Å²) in [4.78, 5) is 12.7. The fourth-order valence-electron chi connectivity index (χ4n) is 1.32. The summed E-state index contributed by atoms with van der Waals surface area (Å²) < 4.78 is 1.64. The number of carbonyl (C=O) groups excluding carboxylic acids is 1. The van der Waals surface area contributed by atoms with Crippen molar-refractivity contribution in [2.45, 2.75) is 6.92 Å². The molecule has 0 saturated heterocycles. The van der Waals surface area contributed by atoms with Crippen LogP contribution in [0.1, 0.15) is 20.8 Å². The van der Waals surface area contributed by atoms with E-state index in [0.29, 0.717) is 14.8 Å². The van der Waals surface area contributed by atoms with Gasteiger partial charge >= 0.3 is 0 Å². The lowest BCUT2D eigenvalue weighted by Gasteiger charge is -1.97. The summed E-state index contributed by atoms with van der Waals surface area (Å²) in [6.45, 7) is 1.90. The molecule has 16 heavy (non-hydrogen) atoms. The molecular weight excluding hydrogens is 308 g/mol. The topological polar surface area (TPSA) is 17.1 Å². The van der Waals surface area contributed by atoms with Gasteiger partial charge in [0.05, 0.1) is 9.21 Å². The van der Waals surface area contributed by atoms with E-state index in [-0.39, 0.29) is 5.78 Å². The molecule has 0 N–H and O–H groups in total. The summed E-state index contributed by atoms with van der Waals surface area (Å²) in [6.07, 6.45) is 0. The second-order valence-electron chi connectivity index (χ2n) is 3.40. The molecule has 0 saturated carbocycles. The van der Waals surface area contributed by atoms with E-state index in [0.717, 1.165) is 10.0 Å². The maximum Gasteiger partial charge on any atom is 0.203 e. The number of ketones is 1. The number of rotatable bonds is 2. The lowest BCUT2D eigenvalue weighted by molar-refractivity contribution is 0.104. The van der Waals surface area contributed by atoms with Gasteiger partial charge in [-0.2, -0.15) is 0 Å². The van der Waals surface area contributed by atoms with Crippen LogP contribution in [0.15, 0.2) is 34.8 Å². The van der Waals surface area contributed by atoms with Crippen molar-refractivity contribution in [1.29, 1.82) is 0 Å². The van der Waals surface area contributed by atoms with Gasteiger partial charge in [0.1, 0.15) is 0 Å². The van der Waals surface area contributed by atoms with E-state index in [1.165, 1.54) is 11.3 Å². The Bertz CT molecular complexity index is 511. The minimum absolute atomic E-state index is 0.0208. The predicted octanol–water partition coefficient (Wildman–Crippen LogP) is 4.70. The molecule has 1 aromatic heterocycles. The lowest BCUT2D eigenvalue weighted by atomic mass is 10.1. The number of benzene rings is 1. The van der Waals surface area contributed by atoms with Gasteiger partial charge in [0.25, 0.3) is 0 Å². The summed E-state index contributed by atoms with van der Waals surface area (Å²) in [5, 5.41) is 0. The monoisotopic (exact) mass is 314 g/mol. The van der Waals surface area contributed by atoms with Crippen molar-refractivity contribution in [3.63, 3.8) is 0 Å². The highest BCUT2D eigenvalue weighted by molar-refractivity contribution is 9.10. The standard InChI is InChI=1S/C12H8BrClOS/c1-7-6-10(16-12(7)14)11(15)8-2-4-9(13)5-3-8/h2-6H,1H3. The van der Waals surface area contributed by atoms with Crippen molar-refractivity contribution in [2.75, 3.05) is 0 Å². The number of thiophene rings is 1. The Balaban J connectivity index is 2.35. The van der Waals surface area contributed by atoms with Crippen LogP contribution in [0, 0.1) is 6.92 Å². The zero-order valence-corrected chi connectivity index (χ0v) is 11.6. The summed E-state index contributed by atoms with van der Waals surface area (Å²) >= 11 is 10.6. The van der Waals surface area contributed by atoms with Gasteiger partial charge in [-0.1, -0.05) is 27.5 Å². The first-order valence-corrected chi connectivity index (χ1v) is 6.63. The molecule has 2 rings (SSSR count). The Morgan fingerprint density at radius 2 is 1.94 bits per heavy atom. The van der Waals surface area contributed by atoms with Crippen LogP contribution in [-0.2, 0) is 0 Å². The van der Waals surface area contributed by atoms with E-state index in [4.69, 9.17) is 11.6 Å². The lowest BCUT2D eigenvalue weighted by Crippen LogP contribution is -1.97. The molecular formula is C12H8BrClOS. The normalized spacial score (nSPS) is 10.4. The van der Waals surface area contributed by atoms with Crippen LogP contribution in [0.3, 0.4) is 0 Å². The molecule has 0 spiro atoms. The third-order valence-corrected chi connectivity index (χ3v) is 4.27. The molecule has 0 amide bonds. The molecule has 2 aromatic rings. The third kappa shape index (κ3) is 2.37. The first-order valence-electron chi connectivity index (χ1n) is 4.64. The minimum Gasteiger partial charge on any atom is -0.288 e. The summed E-state index contributed by atoms with van der Waals surface area (Å²) in [5.74, 6) is 0.0208. The summed E-state index contributed by atoms with van der Waals surface area (Å²) in [7, 11) is 0. The van der Waals surface area contributed by atoms with Gasteiger partial charge in [0, 0.05) is 10.0 Å². The van der Waals surface area contributed by atoms with E-state index in [2.05, 4.69) is 15.9 Å². The van der Waals surface area contributed by atoms with Crippen LogP contribution in [0.5, 0.6) is 0 Å². The van der Waals surface area contributed by atoms with Crippen LogP contribution in [0.2, 0.25) is 4.34 Å². The fourth-order valence-corrected chi connectivity index (χ4v) is 2.74. The van der Waals surface area contributed by atoms with Gasteiger partial charge in [-0.25, -0.2) is 0 Å². The second kappa shape index (κ2) is 4.70. The van der Waals surface area contributed by atoms with Crippen LogP contribution in [0.4, 0.5) is 0 Å². The van der Waals surface area contributed by atoms with Crippen molar-refractivity contribution in [3.05, 3.63) is 55.1 Å². The average Bonchev–Trinajstić information content (AvgIpc) is 2.59. The number of carbonyl (C=O) groups is 1. The van der Waals surface area contributed by atoms with Crippen LogP contribution < -0.4 is 0 Å². The van der Waals surface area contributed by atoms with Crippen molar-refractivity contribution in [3.8, 4) is 0 Å². The Hall–Kier alpha value is -0.640. The highest BCUT2D eigenvalue weighted by Crippen LogP contribution is 2.28. The Kier molecular flexibility index (Phi) is 3.47. The molecule has 1 heterocycles. The largest absolute Gasteiger partial charge is 0.288 e. The van der Waals surface area contributed by atoms with Crippen molar-refractivity contribution in [2.24, 2.45) is 0 Å². The zero-order valence-electron chi connectivity index (χ0n) is 8.46. The molecule has 0 unspecified atom stereocenters. The molecule has 0 aliphatic rings. The van der Waals surface area contributed by atoms with Gasteiger partial charge in [-0.3, -0.25) is 4.79 Å². The Morgan fingerprint density at radius 3 is 2.44 bits per heavy atom. The van der Waals surface area contributed by atoms with Crippen LogP contribution >= 0.6 is 38.9 Å². The first kappa shape index (κ1) is 11.8. The molecule has 0 aliphatic heterocycles. The Morgan fingerprint density at radius 1 is 1.31 bits per heavy atom. The number of hydrogen-bond donors (Lipinski definition) is 0. The van der Waals surface area contributed by atoms with E-state index in [1.54, 1.807) is 12.1 Å². The maximum atomic E-state index is 12.1. The molecule has 4 heteroatoms. The first-order chi connectivity index (χ1) is 7.58. The second-order valence-corrected chi connectivity index (χ2v) is 5.97. The highest BCUT2D eigenvalue weighted by Gasteiger charge is 2.13. The van der Waals surface area contributed by atoms with Gasteiger partial charge < -0.3 is 0 Å². The van der Waals surface area contributed by atoms with Gasteiger partial charge in [-0.05, 0) is 42.8 Å². The Labute approximate surface area is 111 Å². The quantitative estimate of drug-likeness (QED) is 0.734. The van der Waals surface area contributed by atoms with Crippen molar-refractivity contribution >= 4 is 44.7 Å². The molecule has 1 nitrogen and oxygen atoms in total. The number of halogens is 2. The van der Waals surface area contributed by atoms with E-state index >= 15 is 0 Å². The van der Waals surface area contributed by atoms with Gasteiger partial charge in [0.15, 0.2) is 0 Å². The van der Waals surface area contributed by atoms with Crippen molar-refractivity contribution < 1.29 is 4.79 Å². The minimum atomic E-state index is 0.0208. The van der Waals surface area contributed by atoms with E-state index in [1.807, 2.05) is 25.1 Å². The molecule has 0 bridgehead atoms.